The van der Waals surface area contributed by atoms with Gasteiger partial charge < -0.3 is 10.6 Å². The molecule has 0 aliphatic heterocycles. The molecular formula is C6H14N2. The Morgan fingerprint density at radius 3 is 2.25 bits per heavy atom. The summed E-state index contributed by atoms with van der Waals surface area (Å²) in [6.07, 6.45) is 1.23. The Labute approximate surface area is 50.7 Å². The molecule has 48 valence electrons. The normalized spacial score (nSPS) is 36.0. The Bertz CT molecular complexity index is 80.6. The van der Waals surface area contributed by atoms with E-state index in [0.29, 0.717) is 6.04 Å². The van der Waals surface area contributed by atoms with Crippen LogP contribution in [0.15, 0.2) is 0 Å². The van der Waals surface area contributed by atoms with Gasteiger partial charge in [-0.15, -0.1) is 0 Å². The van der Waals surface area contributed by atoms with Gasteiger partial charge in [0.1, 0.15) is 0 Å². The van der Waals surface area contributed by atoms with Crippen LogP contribution >= 0.6 is 0 Å². The summed E-state index contributed by atoms with van der Waals surface area (Å²) in [6, 6.07) is 0.511. The minimum absolute atomic E-state index is 0.511. The molecule has 0 heterocycles. The minimum Gasteiger partial charge on any atom is -0.327 e. The number of nitrogens with zero attached hydrogens (tertiary/aromatic N) is 1. The van der Waals surface area contributed by atoms with Gasteiger partial charge in [-0.25, -0.2) is 0 Å². The predicted octanol–water partition coefficient (Wildman–Crippen LogP) is -0.105. The Balaban J connectivity index is 2.05. The second-order valence-corrected chi connectivity index (χ2v) is 2.92. The summed E-state index contributed by atoms with van der Waals surface area (Å²) in [5.74, 6) is 0.796. The van der Waals surface area contributed by atoms with Crippen LogP contribution in [0, 0.1) is 5.92 Å². The summed E-state index contributed by atoms with van der Waals surface area (Å²) < 4.78 is 0. The van der Waals surface area contributed by atoms with Crippen LogP contribution in [0.4, 0.5) is 0 Å². The molecule has 2 N–H and O–H groups in total. The quantitative estimate of drug-likeness (QED) is 0.543. The van der Waals surface area contributed by atoms with Crippen LogP contribution in [-0.4, -0.2) is 31.6 Å². The summed E-state index contributed by atoms with van der Waals surface area (Å²) in [7, 11) is 4.18. The predicted molar refractivity (Wildman–Crippen MR) is 34.6 cm³/mol. The molecule has 0 aromatic rings. The van der Waals surface area contributed by atoms with Gasteiger partial charge in [-0.05, 0) is 26.4 Å². The smallest absolute Gasteiger partial charge is 0.00836 e. The second kappa shape index (κ2) is 2.03. The molecular weight excluding hydrogens is 100 g/mol. The first kappa shape index (κ1) is 6.05. The van der Waals surface area contributed by atoms with Gasteiger partial charge in [0.05, 0.1) is 0 Å². The molecule has 0 spiro atoms. The van der Waals surface area contributed by atoms with Gasteiger partial charge in [0.15, 0.2) is 0 Å². The van der Waals surface area contributed by atoms with E-state index in [-0.39, 0.29) is 0 Å². The third kappa shape index (κ3) is 1.46. The zero-order valence-corrected chi connectivity index (χ0v) is 5.59. The highest BCUT2D eigenvalue weighted by Crippen LogP contribution is 2.27. The maximum absolute atomic E-state index is 5.59. The first-order valence-corrected chi connectivity index (χ1v) is 3.10. The second-order valence-electron chi connectivity index (χ2n) is 2.92. The SMILES string of the molecule is CN(C)CC1CC1N. The highest BCUT2D eigenvalue weighted by molar-refractivity contribution is 4.91. The highest BCUT2D eigenvalue weighted by Gasteiger charge is 2.33. The topological polar surface area (TPSA) is 29.3 Å². The number of hydrogen-bond donors (Lipinski definition) is 1. The highest BCUT2D eigenvalue weighted by atomic mass is 15.1. The van der Waals surface area contributed by atoms with Gasteiger partial charge in [-0.1, -0.05) is 0 Å². The monoisotopic (exact) mass is 114 g/mol. The standard InChI is InChI=1S/C6H14N2/c1-8(2)4-5-3-6(5)7/h5-6H,3-4,7H2,1-2H3. The molecule has 0 aromatic carbocycles. The van der Waals surface area contributed by atoms with Crippen molar-refractivity contribution >= 4 is 0 Å². The molecule has 1 saturated carbocycles. The van der Waals surface area contributed by atoms with E-state index in [0.717, 1.165) is 5.92 Å². The summed E-state index contributed by atoms with van der Waals surface area (Å²) in [6.45, 7) is 1.17. The fourth-order valence-corrected chi connectivity index (χ4v) is 0.950. The van der Waals surface area contributed by atoms with Crippen molar-refractivity contribution < 1.29 is 0 Å². The molecule has 1 aliphatic rings. The largest absolute Gasteiger partial charge is 0.327 e. The fraction of sp³-hybridized carbons (Fsp3) is 1.00. The number of rotatable bonds is 2. The molecule has 1 rings (SSSR count). The number of hydrogen-bond acceptors (Lipinski definition) is 2. The van der Waals surface area contributed by atoms with E-state index in [9.17, 15) is 0 Å². The van der Waals surface area contributed by atoms with E-state index in [4.69, 9.17) is 5.73 Å². The van der Waals surface area contributed by atoms with Crippen molar-refractivity contribution in [3.8, 4) is 0 Å². The van der Waals surface area contributed by atoms with Gasteiger partial charge >= 0.3 is 0 Å². The summed E-state index contributed by atoms with van der Waals surface area (Å²) >= 11 is 0. The molecule has 0 radical (unpaired) electrons. The summed E-state index contributed by atoms with van der Waals surface area (Å²) in [5, 5.41) is 0. The Hall–Kier alpha value is -0.0800. The van der Waals surface area contributed by atoms with Crippen LogP contribution in [-0.2, 0) is 0 Å². The Morgan fingerprint density at radius 2 is 2.12 bits per heavy atom. The molecule has 2 atom stereocenters. The van der Waals surface area contributed by atoms with Gasteiger partial charge in [0.2, 0.25) is 0 Å². The van der Waals surface area contributed by atoms with Gasteiger partial charge in [-0.3, -0.25) is 0 Å². The lowest BCUT2D eigenvalue weighted by Gasteiger charge is -2.06. The van der Waals surface area contributed by atoms with E-state index in [1.165, 1.54) is 13.0 Å². The molecule has 8 heavy (non-hydrogen) atoms. The van der Waals surface area contributed by atoms with Crippen molar-refractivity contribution in [2.24, 2.45) is 11.7 Å². The summed E-state index contributed by atoms with van der Waals surface area (Å²) in [4.78, 5) is 2.19. The van der Waals surface area contributed by atoms with Crippen LogP contribution < -0.4 is 5.73 Å². The average molecular weight is 114 g/mol. The van der Waals surface area contributed by atoms with Gasteiger partial charge in [0, 0.05) is 12.6 Å². The fourth-order valence-electron chi connectivity index (χ4n) is 0.950. The van der Waals surface area contributed by atoms with Crippen LogP contribution in [0.5, 0.6) is 0 Å². The maximum Gasteiger partial charge on any atom is 0.00836 e. The molecule has 0 aromatic heterocycles. The van der Waals surface area contributed by atoms with Gasteiger partial charge in [0.25, 0.3) is 0 Å². The molecule has 0 amide bonds. The lowest BCUT2D eigenvalue weighted by atomic mass is 10.4. The average Bonchev–Trinajstić information content (AvgIpc) is 2.17. The number of nitrogens with two attached hydrogens (primary N) is 1. The molecule has 2 unspecified atom stereocenters. The molecule has 0 saturated heterocycles. The molecule has 1 fully saturated rings. The third-order valence-corrected chi connectivity index (χ3v) is 1.58. The molecule has 0 bridgehead atoms. The zero-order chi connectivity index (χ0) is 6.15. The molecule has 2 heteroatoms. The minimum atomic E-state index is 0.511. The van der Waals surface area contributed by atoms with Crippen molar-refractivity contribution in [3.63, 3.8) is 0 Å². The molecule has 1 aliphatic carbocycles. The van der Waals surface area contributed by atoms with Crippen molar-refractivity contribution in [3.05, 3.63) is 0 Å². The first-order chi connectivity index (χ1) is 3.70. The van der Waals surface area contributed by atoms with Crippen LogP contribution in [0.1, 0.15) is 6.42 Å². The van der Waals surface area contributed by atoms with Crippen molar-refractivity contribution in [1.82, 2.24) is 4.90 Å². The molecule has 2 nitrogen and oxygen atoms in total. The van der Waals surface area contributed by atoms with E-state index in [1.54, 1.807) is 0 Å². The first-order valence-electron chi connectivity index (χ1n) is 3.10. The maximum atomic E-state index is 5.59. The van der Waals surface area contributed by atoms with Crippen LogP contribution in [0.2, 0.25) is 0 Å². The Morgan fingerprint density at radius 1 is 1.62 bits per heavy atom. The van der Waals surface area contributed by atoms with E-state index in [1.807, 2.05) is 0 Å². The summed E-state index contributed by atoms with van der Waals surface area (Å²) in [5.41, 5.74) is 5.59. The van der Waals surface area contributed by atoms with E-state index in [2.05, 4.69) is 19.0 Å². The van der Waals surface area contributed by atoms with E-state index >= 15 is 0 Å². The van der Waals surface area contributed by atoms with Crippen LogP contribution in [0.3, 0.4) is 0 Å². The van der Waals surface area contributed by atoms with Crippen molar-refractivity contribution in [2.75, 3.05) is 20.6 Å². The third-order valence-electron chi connectivity index (χ3n) is 1.58. The lowest BCUT2D eigenvalue weighted by Crippen LogP contribution is -2.18. The Kier molecular flexibility index (Phi) is 1.54. The van der Waals surface area contributed by atoms with Gasteiger partial charge in [-0.2, -0.15) is 0 Å². The van der Waals surface area contributed by atoms with E-state index < -0.39 is 0 Å². The zero-order valence-electron chi connectivity index (χ0n) is 5.59. The lowest BCUT2D eigenvalue weighted by molar-refractivity contribution is 0.385. The van der Waals surface area contributed by atoms with Crippen molar-refractivity contribution in [2.45, 2.75) is 12.5 Å². The van der Waals surface area contributed by atoms with Crippen molar-refractivity contribution in [1.29, 1.82) is 0 Å². The van der Waals surface area contributed by atoms with Crippen LogP contribution in [0.25, 0.3) is 0 Å².